The molecule has 17 heavy (non-hydrogen) atoms. The van der Waals surface area contributed by atoms with Crippen LogP contribution in [0.1, 0.15) is 6.23 Å². The van der Waals surface area contributed by atoms with Gasteiger partial charge in [0.05, 0.1) is 0 Å². The fourth-order valence-electron chi connectivity index (χ4n) is 1.70. The molecular weight excluding hydrogens is 257 g/mol. The van der Waals surface area contributed by atoms with E-state index in [0.717, 1.165) is 4.57 Å². The van der Waals surface area contributed by atoms with Crippen molar-refractivity contribution in [2.75, 3.05) is 6.67 Å². The second-order valence-corrected chi connectivity index (χ2v) is 4.05. The Labute approximate surface area is 99.9 Å². The van der Waals surface area contributed by atoms with Crippen LogP contribution in [0.2, 0.25) is 0 Å². The molecule has 1 aromatic rings. The Morgan fingerprint density at radius 3 is 3.00 bits per heavy atom. The molecule has 0 saturated carbocycles. The number of halogens is 2. The van der Waals surface area contributed by atoms with Crippen LogP contribution in [-0.2, 0) is 4.74 Å². The first-order valence-corrected chi connectivity index (χ1v) is 5.20. The van der Waals surface area contributed by atoms with Gasteiger partial charge in [-0.3, -0.25) is 0 Å². The summed E-state index contributed by atoms with van der Waals surface area (Å²) in [4.78, 5) is 13.5. The summed E-state index contributed by atoms with van der Waals surface area (Å²) in [5.41, 5.74) is 0. The molecule has 1 saturated heterocycles. The third-order valence-electron chi connectivity index (χ3n) is 2.53. The molecule has 94 valence electrons. The number of hydrogen-bond donors (Lipinski definition) is 1. The first-order chi connectivity index (χ1) is 8.06. The largest absolute Gasteiger partial charge is 0.436 e. The van der Waals surface area contributed by atoms with Crippen molar-refractivity contribution in [3.8, 4) is 0 Å². The van der Waals surface area contributed by atoms with Crippen LogP contribution in [-0.4, -0.2) is 43.8 Å². The number of hydrogen-bond acceptors (Lipinski definition) is 5. The molecule has 0 aliphatic carbocycles. The first kappa shape index (κ1) is 12.2. The predicted molar refractivity (Wildman–Crippen MR) is 54.4 cm³/mol. The Bertz CT molecular complexity index is 429. The van der Waals surface area contributed by atoms with E-state index in [1.165, 1.54) is 12.4 Å². The third kappa shape index (κ3) is 1.99. The zero-order chi connectivity index (χ0) is 12.6. The van der Waals surface area contributed by atoms with Gasteiger partial charge in [0.25, 0.3) is 0 Å². The van der Waals surface area contributed by atoms with Gasteiger partial charge in [-0.05, 0) is 4.92 Å². The van der Waals surface area contributed by atoms with Crippen molar-refractivity contribution < 1.29 is 19.2 Å². The zero-order valence-corrected chi connectivity index (χ0v) is 9.20. The van der Waals surface area contributed by atoms with Gasteiger partial charge in [-0.15, -0.1) is 11.6 Å². The lowest BCUT2D eigenvalue weighted by Crippen LogP contribution is -2.28. The minimum Gasteiger partial charge on any atom is -0.390 e. The summed E-state index contributed by atoms with van der Waals surface area (Å²) in [7, 11) is 0. The van der Waals surface area contributed by atoms with E-state index in [9.17, 15) is 19.6 Å². The third-order valence-corrected chi connectivity index (χ3v) is 3.01. The van der Waals surface area contributed by atoms with Gasteiger partial charge < -0.3 is 20.0 Å². The molecular formula is C8H9ClFN3O4. The number of aromatic nitrogens is 2. The topological polar surface area (TPSA) is 90.4 Å². The molecule has 1 aliphatic heterocycles. The zero-order valence-electron chi connectivity index (χ0n) is 8.44. The fourth-order valence-corrected chi connectivity index (χ4v) is 2.04. The molecule has 1 aliphatic rings. The number of ether oxygens (including phenoxy) is 1. The average molecular weight is 266 g/mol. The van der Waals surface area contributed by atoms with Crippen molar-refractivity contribution in [3.63, 3.8) is 0 Å². The van der Waals surface area contributed by atoms with Crippen LogP contribution >= 0.6 is 11.6 Å². The van der Waals surface area contributed by atoms with Gasteiger partial charge in [0, 0.05) is 0 Å². The lowest BCUT2D eigenvalue weighted by atomic mass is 10.2. The Kier molecular flexibility index (Phi) is 3.27. The summed E-state index contributed by atoms with van der Waals surface area (Å²) in [5.74, 6) is -0.465. The van der Waals surface area contributed by atoms with Gasteiger partial charge in [0.15, 0.2) is 0 Å². The summed E-state index contributed by atoms with van der Waals surface area (Å²) < 4.78 is 18.7. The van der Waals surface area contributed by atoms with Crippen LogP contribution in [0.3, 0.4) is 0 Å². The number of alkyl halides is 2. The number of rotatable bonds is 3. The smallest absolute Gasteiger partial charge is 0.390 e. The van der Waals surface area contributed by atoms with E-state index < -0.39 is 41.4 Å². The average Bonchev–Trinajstić information content (AvgIpc) is 2.86. The van der Waals surface area contributed by atoms with Gasteiger partial charge in [-0.25, -0.2) is 8.96 Å². The van der Waals surface area contributed by atoms with E-state index in [1.54, 1.807) is 0 Å². The van der Waals surface area contributed by atoms with Gasteiger partial charge in [0.2, 0.25) is 6.23 Å². The molecule has 0 bridgehead atoms. The van der Waals surface area contributed by atoms with E-state index in [2.05, 4.69) is 4.98 Å². The first-order valence-electron chi connectivity index (χ1n) is 4.77. The molecule has 1 fully saturated rings. The van der Waals surface area contributed by atoms with Crippen LogP contribution in [0.5, 0.6) is 0 Å². The summed E-state index contributed by atoms with van der Waals surface area (Å²) in [6, 6.07) is 0. The Hall–Kier alpha value is -1.25. The van der Waals surface area contributed by atoms with Gasteiger partial charge in [-0.2, -0.15) is 0 Å². The molecule has 2 rings (SSSR count). The summed E-state index contributed by atoms with van der Waals surface area (Å²) in [6.07, 6.45) is -0.792. The minimum absolute atomic E-state index is 0.465. The second kappa shape index (κ2) is 4.55. The van der Waals surface area contributed by atoms with Crippen molar-refractivity contribution in [1.82, 2.24) is 9.55 Å². The lowest BCUT2D eigenvalue weighted by Gasteiger charge is -2.12. The SMILES string of the molecule is O=[N+]([O-])c1nccn1[C@@H]1O[C@H](CF)[C@@H](O)[C@H]1Cl. The van der Waals surface area contributed by atoms with Crippen molar-refractivity contribution in [3.05, 3.63) is 22.5 Å². The maximum absolute atomic E-state index is 12.5. The number of nitrogens with zero attached hydrogens (tertiary/aromatic N) is 3. The van der Waals surface area contributed by atoms with Crippen molar-refractivity contribution >= 4 is 17.5 Å². The molecule has 0 unspecified atom stereocenters. The van der Waals surface area contributed by atoms with Gasteiger partial charge >= 0.3 is 5.95 Å². The maximum atomic E-state index is 12.5. The molecule has 1 aromatic heterocycles. The van der Waals surface area contributed by atoms with Crippen molar-refractivity contribution in [2.24, 2.45) is 0 Å². The summed E-state index contributed by atoms with van der Waals surface area (Å²) in [5, 5.41) is 19.3. The van der Waals surface area contributed by atoms with E-state index in [0.29, 0.717) is 0 Å². The van der Waals surface area contributed by atoms with E-state index in [4.69, 9.17) is 16.3 Å². The van der Waals surface area contributed by atoms with Crippen LogP contribution < -0.4 is 0 Å². The van der Waals surface area contributed by atoms with Crippen LogP contribution in [0.25, 0.3) is 0 Å². The Morgan fingerprint density at radius 1 is 1.76 bits per heavy atom. The van der Waals surface area contributed by atoms with E-state index >= 15 is 0 Å². The van der Waals surface area contributed by atoms with Gasteiger partial charge in [0.1, 0.15) is 36.7 Å². The molecule has 0 spiro atoms. The molecule has 0 aromatic carbocycles. The van der Waals surface area contributed by atoms with E-state index in [1.807, 2.05) is 0 Å². The highest BCUT2D eigenvalue weighted by Gasteiger charge is 2.46. The van der Waals surface area contributed by atoms with Crippen LogP contribution in [0, 0.1) is 10.1 Å². The highest BCUT2D eigenvalue weighted by molar-refractivity contribution is 6.21. The Morgan fingerprint density at radius 2 is 2.47 bits per heavy atom. The fraction of sp³-hybridized carbons (Fsp3) is 0.625. The second-order valence-electron chi connectivity index (χ2n) is 3.55. The normalized spacial score (nSPS) is 32.9. The monoisotopic (exact) mass is 265 g/mol. The quantitative estimate of drug-likeness (QED) is 0.492. The van der Waals surface area contributed by atoms with Crippen molar-refractivity contribution in [2.45, 2.75) is 23.8 Å². The molecule has 2 heterocycles. The highest BCUT2D eigenvalue weighted by atomic mass is 35.5. The number of aliphatic hydroxyl groups excluding tert-OH is 1. The maximum Gasteiger partial charge on any atom is 0.436 e. The Balaban J connectivity index is 2.29. The minimum atomic E-state index is -1.21. The molecule has 9 heteroatoms. The predicted octanol–water partition coefficient (Wildman–Crippen LogP) is 0.626. The van der Waals surface area contributed by atoms with Crippen LogP contribution in [0.4, 0.5) is 10.3 Å². The number of aliphatic hydroxyl groups is 1. The van der Waals surface area contributed by atoms with Crippen molar-refractivity contribution in [1.29, 1.82) is 0 Å². The molecule has 0 radical (unpaired) electrons. The molecule has 4 atom stereocenters. The molecule has 7 nitrogen and oxygen atoms in total. The molecule has 1 N–H and O–H groups in total. The van der Waals surface area contributed by atoms with Crippen LogP contribution in [0.15, 0.2) is 12.4 Å². The highest BCUT2D eigenvalue weighted by Crippen LogP contribution is 2.35. The molecule has 0 amide bonds. The van der Waals surface area contributed by atoms with Gasteiger partial charge in [-0.1, -0.05) is 4.98 Å². The standard InChI is InChI=1S/C8H9ClFN3O4/c9-5-6(14)4(3-10)17-7(5)12-2-1-11-8(12)13(15)16/h1-2,4-7,14H,3H2/t4-,5-,6-,7-/m1/s1. The summed E-state index contributed by atoms with van der Waals surface area (Å²) in [6.45, 7) is -0.913. The number of imidazole rings is 1. The number of nitro groups is 1. The summed E-state index contributed by atoms with van der Waals surface area (Å²) >= 11 is 5.86. The van der Waals surface area contributed by atoms with E-state index in [-0.39, 0.29) is 0 Å². The lowest BCUT2D eigenvalue weighted by molar-refractivity contribution is -0.398.